The van der Waals surface area contributed by atoms with Crippen LogP contribution in [0.5, 0.6) is 0 Å². The fourth-order valence-electron chi connectivity index (χ4n) is 3.24. The first-order valence-electron chi connectivity index (χ1n) is 8.36. The minimum atomic E-state index is -3.74. The second-order valence-electron chi connectivity index (χ2n) is 6.44. The van der Waals surface area contributed by atoms with Gasteiger partial charge < -0.3 is 4.90 Å². The Morgan fingerprint density at radius 1 is 1.00 bits per heavy atom. The number of rotatable bonds is 4. The lowest BCUT2D eigenvalue weighted by Gasteiger charge is -2.36. The van der Waals surface area contributed by atoms with Crippen LogP contribution in [0.15, 0.2) is 47.4 Å². The molecule has 0 aromatic heterocycles. The number of hydrogen-bond acceptors (Lipinski definition) is 5. The fraction of sp³-hybridized carbons (Fsp3) is 0.333. The molecule has 138 valence electrons. The largest absolute Gasteiger partial charge is 0.369 e. The van der Waals surface area contributed by atoms with Crippen LogP contribution in [0.1, 0.15) is 11.1 Å². The van der Waals surface area contributed by atoms with E-state index < -0.39 is 14.9 Å². The summed E-state index contributed by atoms with van der Waals surface area (Å²) >= 11 is 0. The zero-order valence-electron chi connectivity index (χ0n) is 14.8. The summed E-state index contributed by atoms with van der Waals surface area (Å²) in [6.45, 7) is 5.95. The highest BCUT2D eigenvalue weighted by molar-refractivity contribution is 7.89. The molecule has 8 heteroatoms. The van der Waals surface area contributed by atoms with Gasteiger partial charge in [0.05, 0.1) is 9.82 Å². The molecule has 0 spiro atoms. The zero-order chi connectivity index (χ0) is 18.9. The molecule has 0 radical (unpaired) electrons. The van der Waals surface area contributed by atoms with Crippen molar-refractivity contribution in [3.8, 4) is 0 Å². The molecule has 1 saturated heterocycles. The Hall–Kier alpha value is -2.45. The summed E-state index contributed by atoms with van der Waals surface area (Å²) in [6, 6.07) is 11.4. The van der Waals surface area contributed by atoms with Gasteiger partial charge in [-0.15, -0.1) is 0 Å². The molecule has 1 aliphatic heterocycles. The average Bonchev–Trinajstić information content (AvgIpc) is 2.62. The Bertz CT molecular complexity index is 935. The fourth-order valence-corrected chi connectivity index (χ4v) is 4.70. The molecule has 0 aliphatic carbocycles. The Kier molecular flexibility index (Phi) is 4.97. The van der Waals surface area contributed by atoms with E-state index in [9.17, 15) is 18.5 Å². The van der Waals surface area contributed by atoms with Crippen LogP contribution in [-0.4, -0.2) is 43.8 Å². The molecule has 7 nitrogen and oxygen atoms in total. The number of sulfonamides is 1. The van der Waals surface area contributed by atoms with Crippen LogP contribution < -0.4 is 4.90 Å². The van der Waals surface area contributed by atoms with Crippen LogP contribution in [0.2, 0.25) is 0 Å². The summed E-state index contributed by atoms with van der Waals surface area (Å²) in [5, 5.41) is 10.9. The minimum absolute atomic E-state index is 0.0355. The smallest absolute Gasteiger partial charge is 0.270 e. The third kappa shape index (κ3) is 3.56. The molecular formula is C18H21N3O4S. The monoisotopic (exact) mass is 375 g/mol. The quantitative estimate of drug-likeness (QED) is 0.606. The van der Waals surface area contributed by atoms with Gasteiger partial charge in [0.25, 0.3) is 5.69 Å². The lowest BCUT2D eigenvalue weighted by molar-refractivity contribution is -0.385. The number of hydrogen-bond donors (Lipinski definition) is 0. The Balaban J connectivity index is 1.76. The number of piperazine rings is 1. The second kappa shape index (κ2) is 7.05. The normalized spacial score (nSPS) is 15.8. The number of non-ortho nitro benzene ring substituents is 1. The number of benzene rings is 2. The van der Waals surface area contributed by atoms with Gasteiger partial charge in [0.2, 0.25) is 10.0 Å². The maximum absolute atomic E-state index is 12.8. The van der Waals surface area contributed by atoms with Crippen molar-refractivity contribution in [1.82, 2.24) is 4.31 Å². The molecule has 26 heavy (non-hydrogen) atoms. The molecule has 0 saturated carbocycles. The van der Waals surface area contributed by atoms with E-state index in [-0.39, 0.29) is 10.6 Å². The summed E-state index contributed by atoms with van der Waals surface area (Å²) in [7, 11) is -3.74. The Morgan fingerprint density at radius 2 is 1.69 bits per heavy atom. The maximum Gasteiger partial charge on any atom is 0.270 e. The van der Waals surface area contributed by atoms with Crippen molar-refractivity contribution in [2.45, 2.75) is 18.7 Å². The van der Waals surface area contributed by atoms with E-state index in [2.05, 4.69) is 30.0 Å². The van der Waals surface area contributed by atoms with Crippen molar-refractivity contribution >= 4 is 21.4 Å². The van der Waals surface area contributed by atoms with E-state index in [1.54, 1.807) is 0 Å². The molecule has 0 unspecified atom stereocenters. The van der Waals surface area contributed by atoms with Gasteiger partial charge in [-0.05, 0) is 31.5 Å². The first-order valence-corrected chi connectivity index (χ1v) is 9.80. The molecule has 3 rings (SSSR count). The first kappa shape index (κ1) is 18.3. The second-order valence-corrected chi connectivity index (χ2v) is 8.37. The van der Waals surface area contributed by atoms with Gasteiger partial charge >= 0.3 is 0 Å². The van der Waals surface area contributed by atoms with Crippen molar-refractivity contribution in [3.05, 3.63) is 63.7 Å². The molecule has 1 fully saturated rings. The van der Waals surface area contributed by atoms with E-state index in [4.69, 9.17) is 0 Å². The standard InChI is InChI=1S/C18H21N3O4S/c1-14-6-7-18(15(2)12-14)19-8-10-20(11-9-19)26(24,25)17-5-3-4-16(13-17)21(22)23/h3-7,12-13H,8-11H2,1-2H3. The lowest BCUT2D eigenvalue weighted by atomic mass is 10.1. The molecule has 1 heterocycles. The van der Waals surface area contributed by atoms with Crippen LogP contribution in [0.4, 0.5) is 11.4 Å². The van der Waals surface area contributed by atoms with E-state index in [0.717, 1.165) is 11.8 Å². The summed E-state index contributed by atoms with van der Waals surface area (Å²) in [5.41, 5.74) is 3.25. The average molecular weight is 375 g/mol. The highest BCUT2D eigenvalue weighted by Crippen LogP contribution is 2.25. The summed E-state index contributed by atoms with van der Waals surface area (Å²) in [6.07, 6.45) is 0. The van der Waals surface area contributed by atoms with E-state index in [1.807, 2.05) is 6.92 Å². The molecule has 2 aromatic rings. The molecule has 0 atom stereocenters. The Morgan fingerprint density at radius 3 is 2.31 bits per heavy atom. The molecule has 0 N–H and O–H groups in total. The molecule has 0 amide bonds. The predicted molar refractivity (Wildman–Crippen MR) is 100.0 cm³/mol. The highest BCUT2D eigenvalue weighted by atomic mass is 32.2. The van der Waals surface area contributed by atoms with Crippen LogP contribution in [0, 0.1) is 24.0 Å². The van der Waals surface area contributed by atoms with Crippen LogP contribution in [0.25, 0.3) is 0 Å². The third-order valence-corrected chi connectivity index (χ3v) is 6.49. The van der Waals surface area contributed by atoms with Gasteiger partial charge in [-0.2, -0.15) is 4.31 Å². The number of anilines is 1. The maximum atomic E-state index is 12.8. The zero-order valence-corrected chi connectivity index (χ0v) is 15.6. The summed E-state index contributed by atoms with van der Waals surface area (Å²) in [5.74, 6) is 0. The molecular weight excluding hydrogens is 354 g/mol. The van der Waals surface area contributed by atoms with Crippen molar-refractivity contribution in [2.24, 2.45) is 0 Å². The van der Waals surface area contributed by atoms with Crippen LogP contribution in [-0.2, 0) is 10.0 Å². The van der Waals surface area contributed by atoms with E-state index >= 15 is 0 Å². The minimum Gasteiger partial charge on any atom is -0.369 e. The first-order chi connectivity index (χ1) is 12.3. The number of aryl methyl sites for hydroxylation is 2. The molecule has 1 aliphatic rings. The predicted octanol–water partition coefficient (Wildman–Crippen LogP) is 2.72. The van der Waals surface area contributed by atoms with Gasteiger partial charge in [-0.1, -0.05) is 23.8 Å². The van der Waals surface area contributed by atoms with Gasteiger partial charge in [-0.25, -0.2) is 8.42 Å². The van der Waals surface area contributed by atoms with Crippen molar-refractivity contribution in [1.29, 1.82) is 0 Å². The van der Waals surface area contributed by atoms with Gasteiger partial charge in [0.15, 0.2) is 0 Å². The topological polar surface area (TPSA) is 83.8 Å². The Labute approximate surface area is 153 Å². The number of nitrogens with zero attached hydrogens (tertiary/aromatic N) is 3. The molecule has 0 bridgehead atoms. The summed E-state index contributed by atoms with van der Waals surface area (Å²) in [4.78, 5) is 12.5. The SMILES string of the molecule is Cc1ccc(N2CCN(S(=O)(=O)c3cccc([N+](=O)[O-])c3)CC2)c(C)c1. The van der Waals surface area contributed by atoms with Crippen molar-refractivity contribution in [2.75, 3.05) is 31.1 Å². The van der Waals surface area contributed by atoms with E-state index in [0.29, 0.717) is 26.2 Å². The van der Waals surface area contributed by atoms with Gasteiger partial charge in [0.1, 0.15) is 0 Å². The van der Waals surface area contributed by atoms with Crippen LogP contribution in [0.3, 0.4) is 0 Å². The van der Waals surface area contributed by atoms with Crippen molar-refractivity contribution < 1.29 is 13.3 Å². The summed E-state index contributed by atoms with van der Waals surface area (Å²) < 4.78 is 27.0. The third-order valence-electron chi connectivity index (χ3n) is 4.60. The van der Waals surface area contributed by atoms with Crippen LogP contribution >= 0.6 is 0 Å². The van der Waals surface area contributed by atoms with Gasteiger partial charge in [-0.3, -0.25) is 10.1 Å². The number of nitro groups is 1. The van der Waals surface area contributed by atoms with Crippen molar-refractivity contribution in [3.63, 3.8) is 0 Å². The van der Waals surface area contributed by atoms with E-state index in [1.165, 1.54) is 33.6 Å². The number of nitro benzene ring substituents is 1. The lowest BCUT2D eigenvalue weighted by Crippen LogP contribution is -2.48. The van der Waals surface area contributed by atoms with Gasteiger partial charge in [0, 0.05) is 44.0 Å². The highest BCUT2D eigenvalue weighted by Gasteiger charge is 2.29. The molecule has 2 aromatic carbocycles.